The van der Waals surface area contributed by atoms with Gasteiger partial charge in [-0.15, -0.1) is 0 Å². The first kappa shape index (κ1) is 28.6. The average Bonchev–Trinajstić information content (AvgIpc) is 3.87. The zero-order valence-corrected chi connectivity index (χ0v) is 28.6. The second kappa shape index (κ2) is 10.7. The molecule has 2 aromatic heterocycles. The Hall–Kier alpha value is -7.10. The zero-order chi connectivity index (χ0) is 34.6. The van der Waals surface area contributed by atoms with Crippen LogP contribution in [0, 0.1) is 0 Å². The Morgan fingerprint density at radius 3 is 2.00 bits per heavy atom. The van der Waals surface area contributed by atoms with Crippen LogP contribution in [0.3, 0.4) is 0 Å². The van der Waals surface area contributed by atoms with Gasteiger partial charge in [0, 0.05) is 55.8 Å². The van der Waals surface area contributed by atoms with Gasteiger partial charge in [-0.05, 0) is 99.4 Å². The Morgan fingerprint density at radius 2 is 1.08 bits per heavy atom. The van der Waals surface area contributed by atoms with Crippen molar-refractivity contribution in [3.8, 4) is 27.9 Å². The van der Waals surface area contributed by atoms with Gasteiger partial charge in [-0.2, -0.15) is 0 Å². The fraction of sp³-hybridized carbons (Fsp3) is 0. The molecule has 0 saturated carbocycles. The molecular weight excluding hydrogens is 645 g/mol. The molecule has 0 amide bonds. The summed E-state index contributed by atoms with van der Waals surface area (Å²) >= 11 is 0. The smallest absolute Gasteiger partial charge is 0.137 e. The highest BCUT2D eigenvalue weighted by Gasteiger charge is 2.29. The second-order valence-electron chi connectivity index (χ2n) is 14.1. The lowest BCUT2D eigenvalue weighted by Crippen LogP contribution is -2.11. The predicted molar refractivity (Wildman–Crippen MR) is 222 cm³/mol. The van der Waals surface area contributed by atoms with Gasteiger partial charge >= 0.3 is 0 Å². The van der Waals surface area contributed by atoms with E-state index in [0.29, 0.717) is 0 Å². The predicted octanol–water partition coefficient (Wildman–Crippen LogP) is 14.1. The maximum atomic E-state index is 6.51. The Bertz CT molecular complexity index is 3290. The molecule has 0 radical (unpaired) electrons. The molecule has 3 nitrogen and oxygen atoms in total. The van der Waals surface area contributed by atoms with Gasteiger partial charge in [-0.25, -0.2) is 0 Å². The summed E-state index contributed by atoms with van der Waals surface area (Å²) in [5.74, 6) is 0. The molecule has 0 saturated heterocycles. The zero-order valence-electron chi connectivity index (χ0n) is 28.6. The van der Waals surface area contributed by atoms with Crippen molar-refractivity contribution in [2.45, 2.75) is 0 Å². The van der Waals surface area contributed by atoms with Crippen molar-refractivity contribution in [3.05, 3.63) is 182 Å². The summed E-state index contributed by atoms with van der Waals surface area (Å²) in [5.41, 5.74) is 13.7. The summed E-state index contributed by atoms with van der Waals surface area (Å²) in [6.45, 7) is 0. The largest absolute Gasteiger partial charge is 0.456 e. The van der Waals surface area contributed by atoms with E-state index in [9.17, 15) is 0 Å². The SMILES string of the molecule is c1ccc(-n2c3ccccc3c3cc(N(c4ccc5c(c4)oc4ccccc45)c4cccc5c4-c4c6ccccc6cc6cccc-5c46)ccc32)cc1. The number of fused-ring (bicyclic) bond motifs is 11. The van der Waals surface area contributed by atoms with Crippen LogP contribution in [-0.2, 0) is 0 Å². The molecule has 1 aliphatic carbocycles. The van der Waals surface area contributed by atoms with Gasteiger partial charge in [0.25, 0.3) is 0 Å². The molecule has 246 valence electrons. The van der Waals surface area contributed by atoms with Crippen LogP contribution in [-0.4, -0.2) is 4.57 Å². The van der Waals surface area contributed by atoms with Crippen molar-refractivity contribution in [2.24, 2.45) is 0 Å². The van der Waals surface area contributed by atoms with Gasteiger partial charge in [-0.1, -0.05) is 109 Å². The minimum absolute atomic E-state index is 0.874. The quantitative estimate of drug-likeness (QED) is 0.173. The lowest BCUT2D eigenvalue weighted by Gasteiger charge is -2.28. The summed E-state index contributed by atoms with van der Waals surface area (Å²) in [5, 5.41) is 9.79. The molecule has 0 N–H and O–H groups in total. The molecule has 0 aliphatic heterocycles. The Labute approximate surface area is 305 Å². The molecule has 0 unspecified atom stereocenters. The van der Waals surface area contributed by atoms with E-state index in [1.165, 1.54) is 65.6 Å². The van der Waals surface area contributed by atoms with E-state index in [2.05, 4.69) is 185 Å². The monoisotopic (exact) mass is 674 g/mol. The fourth-order valence-corrected chi connectivity index (χ4v) is 9.06. The third kappa shape index (κ3) is 3.99. The first-order valence-electron chi connectivity index (χ1n) is 18.2. The maximum absolute atomic E-state index is 6.51. The van der Waals surface area contributed by atoms with Gasteiger partial charge in [0.05, 0.1) is 16.7 Å². The number of hydrogen-bond donors (Lipinski definition) is 0. The molecule has 11 aromatic rings. The lowest BCUT2D eigenvalue weighted by atomic mass is 9.94. The number of benzene rings is 9. The van der Waals surface area contributed by atoms with Gasteiger partial charge in [-0.3, -0.25) is 0 Å². The van der Waals surface area contributed by atoms with Crippen LogP contribution in [0.5, 0.6) is 0 Å². The number of rotatable bonds is 4. The first-order chi connectivity index (χ1) is 26.3. The summed E-state index contributed by atoms with van der Waals surface area (Å²) in [6.07, 6.45) is 0. The average molecular weight is 675 g/mol. The molecule has 12 rings (SSSR count). The van der Waals surface area contributed by atoms with Crippen LogP contribution >= 0.6 is 0 Å². The Morgan fingerprint density at radius 1 is 0.396 bits per heavy atom. The highest BCUT2D eigenvalue weighted by atomic mass is 16.3. The lowest BCUT2D eigenvalue weighted by molar-refractivity contribution is 0.669. The summed E-state index contributed by atoms with van der Waals surface area (Å²) in [4.78, 5) is 2.44. The topological polar surface area (TPSA) is 21.3 Å². The number of nitrogens with zero attached hydrogens (tertiary/aromatic N) is 2. The van der Waals surface area contributed by atoms with Crippen molar-refractivity contribution in [1.82, 2.24) is 4.57 Å². The van der Waals surface area contributed by atoms with Crippen molar-refractivity contribution < 1.29 is 4.42 Å². The minimum Gasteiger partial charge on any atom is -0.456 e. The van der Waals surface area contributed by atoms with E-state index >= 15 is 0 Å². The molecule has 0 fully saturated rings. The molecule has 0 spiro atoms. The van der Waals surface area contributed by atoms with E-state index in [1.807, 2.05) is 6.07 Å². The third-order valence-electron chi connectivity index (χ3n) is 11.3. The van der Waals surface area contributed by atoms with Crippen LogP contribution in [0.1, 0.15) is 0 Å². The van der Waals surface area contributed by atoms with Crippen molar-refractivity contribution >= 4 is 82.4 Å². The number of anilines is 3. The van der Waals surface area contributed by atoms with Crippen molar-refractivity contribution in [2.75, 3.05) is 4.90 Å². The summed E-state index contributed by atoms with van der Waals surface area (Å²) in [6, 6.07) is 66.0. The van der Waals surface area contributed by atoms with Crippen LogP contribution in [0.25, 0.3) is 93.2 Å². The van der Waals surface area contributed by atoms with E-state index in [-0.39, 0.29) is 0 Å². The van der Waals surface area contributed by atoms with E-state index in [1.54, 1.807) is 0 Å². The number of furan rings is 1. The number of para-hydroxylation sites is 3. The third-order valence-corrected chi connectivity index (χ3v) is 11.3. The molecule has 9 aromatic carbocycles. The molecule has 53 heavy (non-hydrogen) atoms. The number of hydrogen-bond acceptors (Lipinski definition) is 2. The van der Waals surface area contributed by atoms with Crippen LogP contribution in [0.2, 0.25) is 0 Å². The van der Waals surface area contributed by atoms with Crippen LogP contribution in [0.15, 0.2) is 186 Å². The Balaban J connectivity index is 1.17. The van der Waals surface area contributed by atoms with Gasteiger partial charge < -0.3 is 13.9 Å². The molecule has 0 atom stereocenters. The van der Waals surface area contributed by atoms with Gasteiger partial charge in [0.2, 0.25) is 0 Å². The highest BCUT2D eigenvalue weighted by molar-refractivity contribution is 6.26. The summed E-state index contributed by atoms with van der Waals surface area (Å²) < 4.78 is 8.89. The minimum atomic E-state index is 0.874. The number of aromatic nitrogens is 1. The maximum Gasteiger partial charge on any atom is 0.137 e. The van der Waals surface area contributed by atoms with Crippen LogP contribution in [0.4, 0.5) is 17.1 Å². The second-order valence-corrected chi connectivity index (χ2v) is 14.1. The Kier molecular flexibility index (Phi) is 5.77. The molecule has 0 bridgehead atoms. The van der Waals surface area contributed by atoms with E-state index in [0.717, 1.165) is 44.7 Å². The molecule has 2 heterocycles. The van der Waals surface area contributed by atoms with E-state index < -0.39 is 0 Å². The fourth-order valence-electron chi connectivity index (χ4n) is 9.06. The van der Waals surface area contributed by atoms with Gasteiger partial charge in [0.1, 0.15) is 11.2 Å². The van der Waals surface area contributed by atoms with Crippen molar-refractivity contribution in [3.63, 3.8) is 0 Å². The summed E-state index contributed by atoms with van der Waals surface area (Å²) in [7, 11) is 0. The standard InChI is InChI=1S/C50H30N2O/c1-2-14-33(15-3-1)52-43-21-8-6-17-37(43)42-29-34(25-27-44(42)52)51(35-24-26-39-38-18-7-9-23-46(38)53-47(39)30-35)45-22-11-20-41-40-19-10-13-32-28-31-12-4-5-16-36(31)50(48(32)40)49(41)45/h1-30H. The van der Waals surface area contributed by atoms with Gasteiger partial charge in [0.15, 0.2) is 0 Å². The van der Waals surface area contributed by atoms with Crippen LogP contribution < -0.4 is 4.90 Å². The molecular formula is C50H30N2O. The normalized spacial score (nSPS) is 12.2. The molecule has 1 aliphatic rings. The molecule has 3 heteroatoms. The van der Waals surface area contributed by atoms with E-state index in [4.69, 9.17) is 4.42 Å². The van der Waals surface area contributed by atoms with Crippen molar-refractivity contribution in [1.29, 1.82) is 0 Å². The first-order valence-corrected chi connectivity index (χ1v) is 18.2. The highest BCUT2D eigenvalue weighted by Crippen LogP contribution is 2.56.